The third kappa shape index (κ3) is 6.72. The van der Waals surface area contributed by atoms with Crippen molar-refractivity contribution in [3.05, 3.63) is 11.2 Å². The number of piperazine rings is 1. The molecule has 9 heteroatoms. The van der Waals surface area contributed by atoms with Crippen molar-refractivity contribution in [2.75, 3.05) is 49.9 Å². The first-order valence-electron chi connectivity index (χ1n) is 11.5. The number of thioether (sulfide) groups is 1. The fraction of sp³-hybridized carbons (Fsp3) is 0.727. The van der Waals surface area contributed by atoms with Crippen molar-refractivity contribution < 1.29 is 9.59 Å². The molecule has 1 aliphatic carbocycles. The number of anilines is 1. The van der Waals surface area contributed by atoms with Gasteiger partial charge in [-0.05, 0) is 25.7 Å². The maximum Gasteiger partial charge on any atom is 0.233 e. The molecule has 0 radical (unpaired) electrons. The van der Waals surface area contributed by atoms with E-state index in [1.165, 1.54) is 24.6 Å². The normalized spacial score (nSPS) is 17.3. The van der Waals surface area contributed by atoms with Crippen molar-refractivity contribution in [3.63, 3.8) is 0 Å². The Hall–Kier alpha value is -1.54. The van der Waals surface area contributed by atoms with Gasteiger partial charge < -0.3 is 14.7 Å². The lowest BCUT2D eigenvalue weighted by Crippen LogP contribution is -2.50. The van der Waals surface area contributed by atoms with E-state index in [0.29, 0.717) is 35.1 Å². The number of halogens is 1. The van der Waals surface area contributed by atoms with Gasteiger partial charge in [0, 0.05) is 51.3 Å². The van der Waals surface area contributed by atoms with Crippen molar-refractivity contribution >= 4 is 41.0 Å². The van der Waals surface area contributed by atoms with Crippen LogP contribution in [0.4, 0.5) is 5.82 Å². The fourth-order valence-corrected chi connectivity index (χ4v) is 5.30. The Morgan fingerprint density at radius 1 is 1.10 bits per heavy atom. The molecular formula is C22H34ClN5O2S. The van der Waals surface area contributed by atoms with Crippen LogP contribution in [0, 0.1) is 5.92 Å². The molecule has 3 rings (SSSR count). The minimum absolute atomic E-state index is 0.109. The molecule has 1 saturated heterocycles. The molecule has 0 atom stereocenters. The van der Waals surface area contributed by atoms with E-state index in [2.05, 4.69) is 28.7 Å². The molecule has 1 aromatic heterocycles. The highest BCUT2D eigenvalue weighted by Gasteiger charge is 2.30. The second-order valence-corrected chi connectivity index (χ2v) is 9.62. The second kappa shape index (κ2) is 11.9. The molecule has 7 nitrogen and oxygen atoms in total. The van der Waals surface area contributed by atoms with Gasteiger partial charge in [-0.15, -0.1) is 0 Å². The largest absolute Gasteiger partial charge is 0.353 e. The molecule has 31 heavy (non-hydrogen) atoms. The molecule has 0 unspecified atom stereocenters. The molecule has 2 heterocycles. The highest BCUT2D eigenvalue weighted by atomic mass is 35.5. The van der Waals surface area contributed by atoms with Crippen LogP contribution in [0.5, 0.6) is 0 Å². The van der Waals surface area contributed by atoms with Crippen LogP contribution in [0.25, 0.3) is 0 Å². The third-order valence-electron chi connectivity index (χ3n) is 5.95. The zero-order valence-corrected chi connectivity index (χ0v) is 20.3. The summed E-state index contributed by atoms with van der Waals surface area (Å²) >= 11 is 7.59. The molecule has 2 fully saturated rings. The van der Waals surface area contributed by atoms with Crippen LogP contribution in [0.1, 0.15) is 52.4 Å². The predicted octanol–water partition coefficient (Wildman–Crippen LogP) is 3.71. The SMILES string of the molecule is CCCN(CCC)C(=O)CSc1nc(Cl)cc(N2CCN(C(=O)C3CCCC3)CC2)n1. The Balaban J connectivity index is 1.56. The number of carbonyl (C=O) groups excluding carboxylic acids is 2. The van der Waals surface area contributed by atoms with Crippen LogP contribution in [-0.4, -0.2) is 76.6 Å². The molecule has 0 aromatic carbocycles. The lowest BCUT2D eigenvalue weighted by atomic mass is 10.1. The number of hydrogen-bond acceptors (Lipinski definition) is 6. The lowest BCUT2D eigenvalue weighted by molar-refractivity contribution is -0.135. The van der Waals surface area contributed by atoms with E-state index in [1.54, 1.807) is 6.07 Å². The summed E-state index contributed by atoms with van der Waals surface area (Å²) in [6.07, 6.45) is 6.31. The zero-order valence-electron chi connectivity index (χ0n) is 18.7. The van der Waals surface area contributed by atoms with Crippen molar-refractivity contribution in [2.45, 2.75) is 57.5 Å². The molecule has 0 N–H and O–H groups in total. The van der Waals surface area contributed by atoms with Gasteiger partial charge in [-0.2, -0.15) is 0 Å². The number of aromatic nitrogens is 2. The smallest absolute Gasteiger partial charge is 0.233 e. The summed E-state index contributed by atoms with van der Waals surface area (Å²) in [5, 5.41) is 0.900. The minimum atomic E-state index is 0.109. The molecule has 172 valence electrons. The Labute approximate surface area is 194 Å². The minimum Gasteiger partial charge on any atom is -0.353 e. The van der Waals surface area contributed by atoms with Gasteiger partial charge in [-0.3, -0.25) is 9.59 Å². The van der Waals surface area contributed by atoms with Crippen LogP contribution < -0.4 is 4.90 Å². The molecular weight excluding hydrogens is 434 g/mol. The maximum absolute atomic E-state index is 12.7. The molecule has 0 spiro atoms. The molecule has 1 aromatic rings. The molecule has 2 aliphatic rings. The highest BCUT2D eigenvalue weighted by Crippen LogP contribution is 2.28. The number of nitrogens with zero attached hydrogens (tertiary/aromatic N) is 5. The quantitative estimate of drug-likeness (QED) is 0.313. The van der Waals surface area contributed by atoms with Crippen LogP contribution >= 0.6 is 23.4 Å². The lowest BCUT2D eigenvalue weighted by Gasteiger charge is -2.36. The Morgan fingerprint density at radius 3 is 2.35 bits per heavy atom. The van der Waals surface area contributed by atoms with Crippen molar-refractivity contribution in [2.24, 2.45) is 5.92 Å². The molecule has 1 saturated carbocycles. The topological polar surface area (TPSA) is 69.6 Å². The van der Waals surface area contributed by atoms with Crippen molar-refractivity contribution in [1.82, 2.24) is 19.8 Å². The first kappa shape index (κ1) is 24.1. The Morgan fingerprint density at radius 2 is 1.74 bits per heavy atom. The van der Waals surface area contributed by atoms with E-state index in [0.717, 1.165) is 57.7 Å². The van der Waals surface area contributed by atoms with E-state index in [9.17, 15) is 9.59 Å². The first-order valence-corrected chi connectivity index (χ1v) is 12.9. The fourth-order valence-electron chi connectivity index (χ4n) is 4.32. The van der Waals surface area contributed by atoms with Gasteiger partial charge in [0.1, 0.15) is 11.0 Å². The van der Waals surface area contributed by atoms with Crippen molar-refractivity contribution in [3.8, 4) is 0 Å². The van der Waals surface area contributed by atoms with Gasteiger partial charge in [-0.25, -0.2) is 9.97 Å². The first-order chi connectivity index (χ1) is 15.0. The predicted molar refractivity (Wildman–Crippen MR) is 126 cm³/mol. The third-order valence-corrected chi connectivity index (χ3v) is 6.97. The molecule has 1 aliphatic heterocycles. The zero-order chi connectivity index (χ0) is 22.2. The van der Waals surface area contributed by atoms with Gasteiger partial charge in [0.25, 0.3) is 0 Å². The monoisotopic (exact) mass is 467 g/mol. The van der Waals surface area contributed by atoms with E-state index in [4.69, 9.17) is 11.6 Å². The number of amides is 2. The summed E-state index contributed by atoms with van der Waals surface area (Å²) < 4.78 is 0. The maximum atomic E-state index is 12.7. The van der Waals surface area contributed by atoms with Gasteiger partial charge in [0.15, 0.2) is 5.16 Å². The second-order valence-electron chi connectivity index (χ2n) is 8.29. The summed E-state index contributed by atoms with van der Waals surface area (Å²) in [5.41, 5.74) is 0. The van der Waals surface area contributed by atoms with Crippen LogP contribution in [0.2, 0.25) is 5.15 Å². The number of hydrogen-bond donors (Lipinski definition) is 0. The van der Waals surface area contributed by atoms with Gasteiger partial charge in [0.05, 0.1) is 5.75 Å². The summed E-state index contributed by atoms with van der Waals surface area (Å²) in [5.74, 6) is 1.72. The average molecular weight is 468 g/mol. The number of rotatable bonds is 9. The van der Waals surface area contributed by atoms with Crippen LogP contribution in [0.15, 0.2) is 11.2 Å². The summed E-state index contributed by atoms with van der Waals surface area (Å²) in [4.78, 5) is 40.2. The van der Waals surface area contributed by atoms with E-state index in [1.807, 2.05) is 9.80 Å². The van der Waals surface area contributed by atoms with Gasteiger partial charge >= 0.3 is 0 Å². The van der Waals surface area contributed by atoms with Gasteiger partial charge in [0.2, 0.25) is 11.8 Å². The Kier molecular flexibility index (Phi) is 9.26. The number of carbonyl (C=O) groups is 2. The van der Waals surface area contributed by atoms with Crippen molar-refractivity contribution in [1.29, 1.82) is 0 Å². The molecule has 2 amide bonds. The van der Waals surface area contributed by atoms with Crippen LogP contribution in [-0.2, 0) is 9.59 Å². The van der Waals surface area contributed by atoms with E-state index >= 15 is 0 Å². The summed E-state index contributed by atoms with van der Waals surface area (Å²) in [6.45, 7) is 8.59. The highest BCUT2D eigenvalue weighted by molar-refractivity contribution is 7.99. The van der Waals surface area contributed by atoms with E-state index in [-0.39, 0.29) is 11.8 Å². The Bertz CT molecular complexity index is 745. The summed E-state index contributed by atoms with van der Waals surface area (Å²) in [7, 11) is 0. The average Bonchev–Trinajstić information content (AvgIpc) is 3.31. The van der Waals surface area contributed by atoms with Gasteiger partial charge in [-0.1, -0.05) is 50.1 Å². The van der Waals surface area contributed by atoms with E-state index < -0.39 is 0 Å². The molecule has 0 bridgehead atoms. The summed E-state index contributed by atoms with van der Waals surface area (Å²) in [6, 6.07) is 1.77. The standard InChI is InChI=1S/C22H34ClN5O2S/c1-3-9-27(10-4-2)20(29)16-31-22-24-18(23)15-19(25-22)26-11-13-28(14-12-26)21(30)17-7-5-6-8-17/h15,17H,3-14,16H2,1-2H3. The van der Waals surface area contributed by atoms with Crippen LogP contribution in [0.3, 0.4) is 0 Å².